The zero-order valence-corrected chi connectivity index (χ0v) is 15.2. The summed E-state index contributed by atoms with van der Waals surface area (Å²) in [4.78, 5) is 0.144. The number of halogens is 3. The van der Waals surface area contributed by atoms with Crippen molar-refractivity contribution in [2.45, 2.75) is 30.5 Å². The maximum Gasteiger partial charge on any atom is 0.416 e. The molecule has 0 bridgehead atoms. The molecule has 27 heavy (non-hydrogen) atoms. The van der Waals surface area contributed by atoms with Gasteiger partial charge in [0.1, 0.15) is 6.10 Å². The number of hydrogen-bond acceptors (Lipinski definition) is 3. The minimum atomic E-state index is -4.44. The van der Waals surface area contributed by atoms with Crippen LogP contribution in [-0.4, -0.2) is 20.1 Å². The van der Waals surface area contributed by atoms with Crippen LogP contribution in [0, 0.1) is 18.8 Å². The number of aliphatic hydroxyl groups excluding tert-OH is 1. The summed E-state index contributed by atoms with van der Waals surface area (Å²) in [5.74, 6) is 5.09. The van der Waals surface area contributed by atoms with Gasteiger partial charge in [-0.25, -0.2) is 13.1 Å². The van der Waals surface area contributed by atoms with Gasteiger partial charge in [0.2, 0.25) is 10.0 Å². The normalized spacial score (nSPS) is 12.9. The fourth-order valence-electron chi connectivity index (χ4n) is 2.16. The molecule has 144 valence electrons. The lowest BCUT2D eigenvalue weighted by Gasteiger charge is -2.08. The van der Waals surface area contributed by atoms with Crippen LogP contribution in [0.2, 0.25) is 0 Å². The first kappa shape index (κ1) is 21.0. The third-order valence-electron chi connectivity index (χ3n) is 3.67. The Hall–Kier alpha value is -2.34. The first-order valence-corrected chi connectivity index (χ1v) is 9.48. The highest BCUT2D eigenvalue weighted by atomic mass is 32.2. The van der Waals surface area contributed by atoms with Gasteiger partial charge in [0.25, 0.3) is 0 Å². The predicted octanol–water partition coefficient (Wildman–Crippen LogP) is 3.42. The molecule has 0 amide bonds. The monoisotopic (exact) mass is 397 g/mol. The van der Waals surface area contributed by atoms with Gasteiger partial charge in [-0.3, -0.25) is 0 Å². The van der Waals surface area contributed by atoms with Gasteiger partial charge in [0, 0.05) is 13.0 Å². The second-order valence-electron chi connectivity index (χ2n) is 5.80. The van der Waals surface area contributed by atoms with Crippen molar-refractivity contribution in [1.29, 1.82) is 0 Å². The topological polar surface area (TPSA) is 66.4 Å². The lowest BCUT2D eigenvalue weighted by atomic mass is 10.1. The summed E-state index contributed by atoms with van der Waals surface area (Å²) in [6, 6.07) is 10.4. The molecule has 0 aromatic heterocycles. The van der Waals surface area contributed by atoms with Crippen molar-refractivity contribution in [3.8, 4) is 11.8 Å². The van der Waals surface area contributed by atoms with Gasteiger partial charge in [0.15, 0.2) is 0 Å². The molecular formula is C19H18F3NO3S. The second kappa shape index (κ2) is 8.57. The Balaban J connectivity index is 1.88. The first-order chi connectivity index (χ1) is 12.6. The Morgan fingerprint density at radius 1 is 1.07 bits per heavy atom. The summed E-state index contributed by atoms with van der Waals surface area (Å²) in [7, 11) is -3.64. The summed E-state index contributed by atoms with van der Waals surface area (Å²) < 4.78 is 64.0. The van der Waals surface area contributed by atoms with Crippen LogP contribution in [0.25, 0.3) is 0 Å². The van der Waals surface area contributed by atoms with Crippen LogP contribution in [-0.2, 0) is 16.2 Å². The van der Waals surface area contributed by atoms with Crippen molar-refractivity contribution in [2.24, 2.45) is 0 Å². The largest absolute Gasteiger partial charge is 0.416 e. The molecule has 4 nitrogen and oxygen atoms in total. The van der Waals surface area contributed by atoms with E-state index in [9.17, 15) is 26.7 Å². The summed E-state index contributed by atoms with van der Waals surface area (Å²) in [6.07, 6.45) is -5.55. The van der Waals surface area contributed by atoms with Crippen molar-refractivity contribution in [3.05, 3.63) is 65.2 Å². The number of aliphatic hydroxyl groups is 1. The molecule has 0 spiro atoms. The van der Waals surface area contributed by atoms with Crippen LogP contribution in [0.4, 0.5) is 13.2 Å². The summed E-state index contributed by atoms with van der Waals surface area (Å²) in [5.41, 5.74) is 0.365. The van der Waals surface area contributed by atoms with Gasteiger partial charge < -0.3 is 5.11 Å². The Kier molecular flexibility index (Phi) is 6.65. The summed E-state index contributed by atoms with van der Waals surface area (Å²) in [6.45, 7) is 1.89. The van der Waals surface area contributed by atoms with Crippen LogP contribution < -0.4 is 4.72 Å². The summed E-state index contributed by atoms with van der Waals surface area (Å²) >= 11 is 0. The molecule has 8 heteroatoms. The van der Waals surface area contributed by atoms with Crippen LogP contribution >= 0.6 is 0 Å². The molecule has 0 radical (unpaired) electrons. The molecule has 0 saturated heterocycles. The minimum Gasteiger partial charge on any atom is -0.376 e. The van der Waals surface area contributed by atoms with Crippen LogP contribution in [0.5, 0.6) is 0 Å². The highest BCUT2D eigenvalue weighted by Gasteiger charge is 2.30. The molecule has 2 aromatic rings. The molecule has 2 N–H and O–H groups in total. The number of alkyl halides is 3. The number of nitrogens with one attached hydrogen (secondary N) is 1. The molecule has 0 saturated carbocycles. The third kappa shape index (κ3) is 6.10. The average Bonchev–Trinajstić information content (AvgIpc) is 2.61. The highest BCUT2D eigenvalue weighted by molar-refractivity contribution is 7.89. The molecular weight excluding hydrogens is 379 g/mol. The molecule has 0 aliphatic heterocycles. The van der Waals surface area contributed by atoms with Crippen molar-refractivity contribution in [1.82, 2.24) is 4.72 Å². The van der Waals surface area contributed by atoms with E-state index >= 15 is 0 Å². The van der Waals surface area contributed by atoms with Crippen molar-refractivity contribution >= 4 is 10.0 Å². The van der Waals surface area contributed by atoms with E-state index in [1.165, 1.54) is 12.1 Å². The molecule has 0 aliphatic rings. The van der Waals surface area contributed by atoms with E-state index in [0.717, 1.165) is 29.8 Å². The molecule has 1 atom stereocenters. The van der Waals surface area contributed by atoms with E-state index in [0.29, 0.717) is 0 Å². The molecule has 2 aromatic carbocycles. The Labute approximate surface area is 156 Å². The van der Waals surface area contributed by atoms with Crippen molar-refractivity contribution < 1.29 is 26.7 Å². The molecule has 0 aliphatic carbocycles. The number of benzene rings is 2. The molecule has 0 fully saturated rings. The van der Waals surface area contributed by atoms with Gasteiger partial charge in [-0.2, -0.15) is 13.2 Å². The Morgan fingerprint density at radius 3 is 2.22 bits per heavy atom. The van der Waals surface area contributed by atoms with Gasteiger partial charge in [0.05, 0.1) is 10.5 Å². The van der Waals surface area contributed by atoms with Crippen molar-refractivity contribution in [2.75, 3.05) is 6.54 Å². The maximum absolute atomic E-state index is 12.5. The Morgan fingerprint density at radius 2 is 1.67 bits per heavy atom. The van der Waals surface area contributed by atoms with Gasteiger partial charge >= 0.3 is 6.18 Å². The van der Waals surface area contributed by atoms with E-state index < -0.39 is 27.9 Å². The number of sulfonamides is 1. The summed E-state index contributed by atoms with van der Waals surface area (Å²) in [5, 5.41) is 9.88. The first-order valence-electron chi connectivity index (χ1n) is 7.99. The average molecular weight is 397 g/mol. The zero-order valence-electron chi connectivity index (χ0n) is 14.4. The Bertz CT molecular complexity index is 925. The minimum absolute atomic E-state index is 0.0446. The SMILES string of the molecule is Cc1ccc(S(=O)(=O)NCCC#CC(O)c2ccc(C(F)(F)F)cc2)cc1. The van der Waals surface area contributed by atoms with E-state index in [1.807, 2.05) is 6.92 Å². The van der Waals surface area contributed by atoms with E-state index in [2.05, 4.69) is 16.6 Å². The van der Waals surface area contributed by atoms with Gasteiger partial charge in [-0.1, -0.05) is 41.7 Å². The van der Waals surface area contributed by atoms with Crippen molar-refractivity contribution in [3.63, 3.8) is 0 Å². The number of hydrogen-bond donors (Lipinski definition) is 2. The zero-order chi connectivity index (χ0) is 20.1. The standard InChI is InChI=1S/C19H18F3NO3S/c1-14-5-11-17(12-6-14)27(25,26)23-13-3-2-4-18(24)15-7-9-16(10-8-15)19(20,21)22/h5-12,18,23-24H,3,13H2,1H3. The fourth-order valence-corrected chi connectivity index (χ4v) is 3.19. The molecule has 0 heterocycles. The van der Waals surface area contributed by atoms with E-state index in [-0.39, 0.29) is 23.4 Å². The molecule has 1 unspecified atom stereocenters. The number of rotatable bonds is 5. The van der Waals surface area contributed by atoms with Gasteiger partial charge in [-0.05, 0) is 36.8 Å². The van der Waals surface area contributed by atoms with E-state index in [1.54, 1.807) is 12.1 Å². The lowest BCUT2D eigenvalue weighted by molar-refractivity contribution is -0.137. The second-order valence-corrected chi connectivity index (χ2v) is 7.57. The quantitative estimate of drug-likeness (QED) is 0.600. The maximum atomic E-state index is 12.5. The van der Waals surface area contributed by atoms with Crippen LogP contribution in [0.15, 0.2) is 53.4 Å². The smallest absolute Gasteiger partial charge is 0.376 e. The third-order valence-corrected chi connectivity index (χ3v) is 5.14. The highest BCUT2D eigenvalue weighted by Crippen LogP contribution is 2.29. The van der Waals surface area contributed by atoms with Crippen LogP contribution in [0.1, 0.15) is 29.2 Å². The fraction of sp³-hybridized carbons (Fsp3) is 0.263. The predicted molar refractivity (Wildman–Crippen MR) is 95.2 cm³/mol. The van der Waals surface area contributed by atoms with E-state index in [4.69, 9.17) is 0 Å². The lowest BCUT2D eigenvalue weighted by Crippen LogP contribution is -2.24. The molecule has 2 rings (SSSR count). The van der Waals surface area contributed by atoms with Gasteiger partial charge in [-0.15, -0.1) is 0 Å². The number of aryl methyl sites for hydroxylation is 1. The van der Waals surface area contributed by atoms with Crippen LogP contribution in [0.3, 0.4) is 0 Å².